The number of hydroxylamine groups is 2. The zero-order valence-electron chi connectivity index (χ0n) is 8.24. The first-order valence-electron chi connectivity index (χ1n) is 4.96. The van der Waals surface area contributed by atoms with Crippen molar-refractivity contribution >= 4 is 11.6 Å². The van der Waals surface area contributed by atoms with Gasteiger partial charge in [-0.1, -0.05) is 23.7 Å². The lowest BCUT2D eigenvalue weighted by Gasteiger charge is -2.21. The number of hydrogen-bond acceptors (Lipinski definition) is 2. The largest absolute Gasteiger partial charge is 0.404 e. The molecule has 14 heavy (non-hydrogen) atoms. The Bertz CT molecular complexity index is 316. The van der Waals surface area contributed by atoms with Gasteiger partial charge < -0.3 is 4.84 Å². The molecule has 0 saturated carbocycles. The van der Waals surface area contributed by atoms with Crippen molar-refractivity contribution in [3.8, 4) is 5.75 Å². The lowest BCUT2D eigenvalue weighted by molar-refractivity contribution is -0.0647. The maximum absolute atomic E-state index is 6.00. The third kappa shape index (κ3) is 2.02. The van der Waals surface area contributed by atoms with Crippen LogP contribution in [0.2, 0.25) is 5.02 Å². The second-order valence-corrected chi connectivity index (χ2v) is 4.06. The predicted octanol–water partition coefficient (Wildman–Crippen LogP) is 3.12. The summed E-state index contributed by atoms with van der Waals surface area (Å²) >= 11 is 6.00. The molecule has 3 heteroatoms. The van der Waals surface area contributed by atoms with Crippen LogP contribution >= 0.6 is 11.6 Å². The number of para-hydroxylation sites is 1. The highest BCUT2D eigenvalue weighted by molar-refractivity contribution is 6.32. The highest BCUT2D eigenvalue weighted by Gasteiger charge is 2.22. The summed E-state index contributed by atoms with van der Waals surface area (Å²) in [6, 6.07) is 8.07. The predicted molar refractivity (Wildman–Crippen MR) is 57.5 cm³/mol. The molecule has 1 aromatic rings. The highest BCUT2D eigenvalue weighted by atomic mass is 35.5. The van der Waals surface area contributed by atoms with E-state index < -0.39 is 0 Å². The molecule has 0 amide bonds. The Morgan fingerprint density at radius 2 is 2.21 bits per heavy atom. The third-order valence-corrected chi connectivity index (χ3v) is 2.86. The van der Waals surface area contributed by atoms with Crippen molar-refractivity contribution in [1.29, 1.82) is 0 Å². The van der Waals surface area contributed by atoms with Crippen LogP contribution in [0.1, 0.15) is 19.8 Å². The number of nitrogens with zero attached hydrogens (tertiary/aromatic N) is 1. The number of benzene rings is 1. The monoisotopic (exact) mass is 211 g/mol. The van der Waals surface area contributed by atoms with Gasteiger partial charge in [0.05, 0.1) is 5.02 Å². The van der Waals surface area contributed by atoms with Gasteiger partial charge in [-0.2, -0.15) is 0 Å². The molecular weight excluding hydrogens is 198 g/mol. The van der Waals surface area contributed by atoms with Gasteiger partial charge in [0.2, 0.25) is 0 Å². The fraction of sp³-hybridized carbons (Fsp3) is 0.455. The fourth-order valence-corrected chi connectivity index (χ4v) is 1.86. The van der Waals surface area contributed by atoms with Crippen LogP contribution in [0.5, 0.6) is 5.75 Å². The molecule has 2 rings (SSSR count). The molecule has 1 fully saturated rings. The first-order chi connectivity index (χ1) is 6.77. The number of halogens is 1. The van der Waals surface area contributed by atoms with E-state index in [4.69, 9.17) is 16.4 Å². The molecule has 1 aliphatic heterocycles. The Labute approximate surface area is 89.4 Å². The lowest BCUT2D eigenvalue weighted by atomic mass is 10.3. The van der Waals surface area contributed by atoms with E-state index in [0.717, 1.165) is 12.3 Å². The Morgan fingerprint density at radius 3 is 2.86 bits per heavy atom. The quantitative estimate of drug-likeness (QED) is 0.746. The van der Waals surface area contributed by atoms with Gasteiger partial charge in [-0.3, -0.25) is 0 Å². The Kier molecular flexibility index (Phi) is 2.94. The van der Waals surface area contributed by atoms with E-state index in [2.05, 4.69) is 6.92 Å². The summed E-state index contributed by atoms with van der Waals surface area (Å²) in [6.45, 7) is 3.16. The molecule has 0 radical (unpaired) electrons. The van der Waals surface area contributed by atoms with E-state index in [9.17, 15) is 0 Å². The molecule has 1 atom stereocenters. The van der Waals surface area contributed by atoms with E-state index in [1.807, 2.05) is 29.3 Å². The van der Waals surface area contributed by atoms with Gasteiger partial charge in [0, 0.05) is 12.6 Å². The summed E-state index contributed by atoms with van der Waals surface area (Å²) in [6.07, 6.45) is 2.40. The molecule has 0 spiro atoms. The molecule has 0 aromatic heterocycles. The van der Waals surface area contributed by atoms with Crippen molar-refractivity contribution in [1.82, 2.24) is 5.06 Å². The minimum absolute atomic E-state index is 0.492. The Hall–Kier alpha value is -0.730. The highest BCUT2D eigenvalue weighted by Crippen LogP contribution is 2.26. The van der Waals surface area contributed by atoms with Crippen LogP contribution in [-0.2, 0) is 0 Å². The molecule has 1 aliphatic rings. The summed E-state index contributed by atoms with van der Waals surface area (Å²) in [4.78, 5) is 5.72. The molecule has 76 valence electrons. The Morgan fingerprint density at radius 1 is 1.43 bits per heavy atom. The summed E-state index contributed by atoms with van der Waals surface area (Å²) in [7, 11) is 0. The first-order valence-corrected chi connectivity index (χ1v) is 5.34. The van der Waals surface area contributed by atoms with Crippen molar-refractivity contribution in [2.45, 2.75) is 25.8 Å². The average molecular weight is 212 g/mol. The maximum Gasteiger partial charge on any atom is 0.166 e. The van der Waals surface area contributed by atoms with Gasteiger partial charge >= 0.3 is 0 Å². The molecule has 2 nitrogen and oxygen atoms in total. The molecule has 0 aliphatic carbocycles. The van der Waals surface area contributed by atoms with Crippen molar-refractivity contribution in [3.05, 3.63) is 29.3 Å². The van der Waals surface area contributed by atoms with Crippen molar-refractivity contribution < 1.29 is 4.84 Å². The van der Waals surface area contributed by atoms with E-state index >= 15 is 0 Å². The summed E-state index contributed by atoms with van der Waals surface area (Å²) < 4.78 is 0. The van der Waals surface area contributed by atoms with Gasteiger partial charge in [0.1, 0.15) is 0 Å². The Balaban J connectivity index is 2.07. The van der Waals surface area contributed by atoms with E-state index in [1.54, 1.807) is 0 Å². The van der Waals surface area contributed by atoms with Crippen molar-refractivity contribution in [3.63, 3.8) is 0 Å². The molecule has 0 bridgehead atoms. The summed E-state index contributed by atoms with van der Waals surface area (Å²) in [5.41, 5.74) is 0. The minimum Gasteiger partial charge on any atom is -0.404 e. The minimum atomic E-state index is 0.492. The van der Waals surface area contributed by atoms with Gasteiger partial charge in [-0.15, -0.1) is 5.06 Å². The molecule has 1 unspecified atom stereocenters. The number of rotatable bonds is 2. The zero-order valence-corrected chi connectivity index (χ0v) is 9.00. The van der Waals surface area contributed by atoms with Crippen molar-refractivity contribution in [2.24, 2.45) is 0 Å². The summed E-state index contributed by atoms with van der Waals surface area (Å²) in [5, 5.41) is 2.67. The topological polar surface area (TPSA) is 12.5 Å². The van der Waals surface area contributed by atoms with Crippen LogP contribution in [0.4, 0.5) is 0 Å². The zero-order chi connectivity index (χ0) is 9.97. The van der Waals surface area contributed by atoms with Crippen LogP contribution in [0.25, 0.3) is 0 Å². The molecule has 0 N–H and O–H groups in total. The first kappa shape index (κ1) is 9.81. The number of hydrogen-bond donors (Lipinski definition) is 0. The van der Waals surface area contributed by atoms with Crippen LogP contribution in [0, 0.1) is 0 Å². The van der Waals surface area contributed by atoms with Gasteiger partial charge in [-0.05, 0) is 31.9 Å². The maximum atomic E-state index is 6.00. The van der Waals surface area contributed by atoms with Crippen molar-refractivity contribution in [2.75, 3.05) is 6.54 Å². The lowest BCUT2D eigenvalue weighted by Crippen LogP contribution is -2.30. The molecule has 1 aromatic carbocycles. The normalized spacial score (nSPS) is 22.6. The summed E-state index contributed by atoms with van der Waals surface area (Å²) in [5.74, 6) is 0.753. The third-order valence-electron chi connectivity index (χ3n) is 2.54. The van der Waals surface area contributed by atoms with Gasteiger partial charge in [0.25, 0.3) is 0 Å². The second-order valence-electron chi connectivity index (χ2n) is 3.65. The molecule has 1 heterocycles. The average Bonchev–Trinajstić information content (AvgIpc) is 2.56. The SMILES string of the molecule is CC1CCCN1Oc1ccccc1Cl. The second kappa shape index (κ2) is 4.20. The standard InChI is InChI=1S/C11H14ClNO/c1-9-5-4-8-13(9)14-11-7-3-2-6-10(11)12/h2-3,6-7,9H,4-5,8H2,1H3. The van der Waals surface area contributed by atoms with Gasteiger partial charge in [-0.25, -0.2) is 0 Å². The fourth-order valence-electron chi connectivity index (χ4n) is 1.69. The van der Waals surface area contributed by atoms with Gasteiger partial charge in [0.15, 0.2) is 5.75 Å². The smallest absolute Gasteiger partial charge is 0.166 e. The van der Waals surface area contributed by atoms with Crippen LogP contribution < -0.4 is 4.84 Å². The van der Waals surface area contributed by atoms with Crippen LogP contribution in [0.3, 0.4) is 0 Å². The van der Waals surface area contributed by atoms with E-state index in [0.29, 0.717) is 11.1 Å². The van der Waals surface area contributed by atoms with E-state index in [1.165, 1.54) is 12.8 Å². The molecular formula is C11H14ClNO. The molecule has 1 saturated heterocycles. The van der Waals surface area contributed by atoms with Crippen LogP contribution in [0.15, 0.2) is 24.3 Å². The van der Waals surface area contributed by atoms with Crippen LogP contribution in [-0.4, -0.2) is 17.6 Å². The van der Waals surface area contributed by atoms with E-state index in [-0.39, 0.29) is 0 Å².